The Labute approximate surface area is 89.3 Å². The van der Waals surface area contributed by atoms with Crippen molar-refractivity contribution < 1.29 is 9.18 Å². The number of hydrogen-bond donors (Lipinski definition) is 0. The maximum absolute atomic E-state index is 12.7. The van der Waals surface area contributed by atoms with Crippen molar-refractivity contribution in [2.24, 2.45) is 0 Å². The number of halogens is 1. The van der Waals surface area contributed by atoms with Crippen LogP contribution in [0.2, 0.25) is 0 Å². The molecule has 0 N–H and O–H groups in total. The summed E-state index contributed by atoms with van der Waals surface area (Å²) in [6, 6.07) is 6.56. The molecule has 2 heteroatoms. The second-order valence-corrected chi connectivity index (χ2v) is 4.24. The second-order valence-electron chi connectivity index (χ2n) is 4.24. The van der Waals surface area contributed by atoms with Gasteiger partial charge in [0, 0.05) is 12.8 Å². The summed E-state index contributed by atoms with van der Waals surface area (Å²) in [5.41, 5.74) is 1.10. The van der Waals surface area contributed by atoms with Gasteiger partial charge in [-0.25, -0.2) is 4.39 Å². The van der Waals surface area contributed by atoms with Crippen molar-refractivity contribution in [3.05, 3.63) is 35.6 Å². The molecular formula is C13H15FO. The van der Waals surface area contributed by atoms with Crippen LogP contribution >= 0.6 is 0 Å². The lowest BCUT2D eigenvalue weighted by Gasteiger charge is -2.13. The van der Waals surface area contributed by atoms with E-state index in [-0.39, 0.29) is 5.82 Å². The van der Waals surface area contributed by atoms with Crippen LogP contribution < -0.4 is 0 Å². The molecule has 0 saturated heterocycles. The molecule has 0 heterocycles. The molecule has 1 fully saturated rings. The summed E-state index contributed by atoms with van der Waals surface area (Å²) >= 11 is 0. The summed E-state index contributed by atoms with van der Waals surface area (Å²) in [4.78, 5) is 11.5. The zero-order valence-electron chi connectivity index (χ0n) is 8.71. The summed E-state index contributed by atoms with van der Waals surface area (Å²) in [6.07, 6.45) is 4.52. The molecule has 0 radical (unpaired) electrons. The molecule has 0 bridgehead atoms. The van der Waals surface area contributed by atoms with Crippen LogP contribution in [-0.4, -0.2) is 5.78 Å². The molecule has 1 aliphatic rings. The predicted octanol–water partition coefficient (Wildman–Crippen LogP) is 3.44. The fraction of sp³-hybridized carbons (Fsp3) is 0.462. The highest BCUT2D eigenvalue weighted by molar-refractivity contribution is 5.79. The van der Waals surface area contributed by atoms with E-state index < -0.39 is 0 Å². The number of rotatable bonds is 1. The number of hydrogen-bond acceptors (Lipinski definition) is 1. The summed E-state index contributed by atoms with van der Waals surface area (Å²) in [5.74, 6) is 0.445. The van der Waals surface area contributed by atoms with Crippen molar-refractivity contribution >= 4 is 5.78 Å². The molecule has 1 saturated carbocycles. The number of carbonyl (C=O) groups excluding carboxylic acids is 1. The maximum atomic E-state index is 12.7. The minimum absolute atomic E-state index is 0.210. The van der Waals surface area contributed by atoms with E-state index in [9.17, 15) is 9.18 Å². The van der Waals surface area contributed by atoms with Gasteiger partial charge >= 0.3 is 0 Å². The number of ketones is 1. The highest BCUT2D eigenvalue weighted by Gasteiger charge is 2.18. The van der Waals surface area contributed by atoms with Crippen molar-refractivity contribution in [3.8, 4) is 0 Å². The van der Waals surface area contributed by atoms with E-state index in [2.05, 4.69) is 0 Å². The van der Waals surface area contributed by atoms with Gasteiger partial charge in [-0.15, -0.1) is 0 Å². The van der Waals surface area contributed by atoms with E-state index in [1.54, 1.807) is 12.1 Å². The van der Waals surface area contributed by atoms with Crippen LogP contribution in [0, 0.1) is 5.82 Å². The third-order valence-corrected chi connectivity index (χ3v) is 3.07. The van der Waals surface area contributed by atoms with E-state index in [0.29, 0.717) is 18.1 Å². The molecule has 0 aliphatic heterocycles. The Bertz CT molecular complexity index is 342. The SMILES string of the molecule is O=C1CCCC[C@H](c2ccc(F)cc2)C1. The van der Waals surface area contributed by atoms with Crippen LogP contribution in [-0.2, 0) is 4.79 Å². The molecule has 15 heavy (non-hydrogen) atoms. The standard InChI is InChI=1S/C13H15FO/c14-12-7-5-10(6-8-12)11-3-1-2-4-13(15)9-11/h5-8,11H,1-4,9H2/t11-/m0/s1. The highest BCUT2D eigenvalue weighted by Crippen LogP contribution is 2.29. The van der Waals surface area contributed by atoms with Crippen molar-refractivity contribution in [3.63, 3.8) is 0 Å². The molecule has 2 rings (SSSR count). The molecule has 1 aliphatic carbocycles. The summed E-state index contributed by atoms with van der Waals surface area (Å²) in [5, 5.41) is 0. The van der Waals surface area contributed by atoms with Gasteiger partial charge in [0.25, 0.3) is 0 Å². The average molecular weight is 206 g/mol. The molecule has 0 unspecified atom stereocenters. The van der Waals surface area contributed by atoms with Gasteiger partial charge in [-0.3, -0.25) is 4.79 Å². The molecule has 80 valence electrons. The van der Waals surface area contributed by atoms with Crippen LogP contribution in [0.5, 0.6) is 0 Å². The van der Waals surface area contributed by atoms with Crippen molar-refractivity contribution in [1.29, 1.82) is 0 Å². The second kappa shape index (κ2) is 4.56. The predicted molar refractivity (Wildman–Crippen MR) is 57.2 cm³/mol. The fourth-order valence-electron chi connectivity index (χ4n) is 2.21. The Kier molecular flexibility index (Phi) is 3.14. The lowest BCUT2D eigenvalue weighted by molar-refractivity contribution is -0.119. The Morgan fingerprint density at radius 3 is 2.60 bits per heavy atom. The first-order valence-corrected chi connectivity index (χ1v) is 5.53. The minimum Gasteiger partial charge on any atom is -0.300 e. The van der Waals surface area contributed by atoms with Gasteiger partial charge < -0.3 is 0 Å². The number of carbonyl (C=O) groups is 1. The molecule has 0 spiro atoms. The lowest BCUT2D eigenvalue weighted by atomic mass is 9.91. The third kappa shape index (κ3) is 2.65. The van der Waals surface area contributed by atoms with Crippen molar-refractivity contribution in [1.82, 2.24) is 0 Å². The van der Waals surface area contributed by atoms with Gasteiger partial charge in [-0.1, -0.05) is 18.6 Å². The van der Waals surface area contributed by atoms with Crippen LogP contribution in [0.3, 0.4) is 0 Å². The smallest absolute Gasteiger partial charge is 0.133 e. The van der Waals surface area contributed by atoms with E-state index in [0.717, 1.165) is 31.2 Å². The van der Waals surface area contributed by atoms with Gasteiger partial charge in [0.05, 0.1) is 0 Å². The quantitative estimate of drug-likeness (QED) is 0.643. The van der Waals surface area contributed by atoms with Gasteiger partial charge in [0.15, 0.2) is 0 Å². The maximum Gasteiger partial charge on any atom is 0.133 e. The average Bonchev–Trinajstić information content (AvgIpc) is 2.44. The Morgan fingerprint density at radius 2 is 1.87 bits per heavy atom. The first-order valence-electron chi connectivity index (χ1n) is 5.53. The number of Topliss-reactive ketones (excluding diaryl/α,β-unsaturated/α-hetero) is 1. The summed E-state index contributed by atoms with van der Waals surface area (Å²) in [6.45, 7) is 0. The van der Waals surface area contributed by atoms with Gasteiger partial charge in [-0.05, 0) is 36.5 Å². The number of benzene rings is 1. The normalized spacial score (nSPS) is 22.5. The fourth-order valence-corrected chi connectivity index (χ4v) is 2.21. The molecule has 1 atom stereocenters. The zero-order valence-corrected chi connectivity index (χ0v) is 8.71. The van der Waals surface area contributed by atoms with Crippen LogP contribution in [0.1, 0.15) is 43.6 Å². The minimum atomic E-state index is -0.210. The largest absolute Gasteiger partial charge is 0.300 e. The Balaban J connectivity index is 2.14. The topological polar surface area (TPSA) is 17.1 Å². The van der Waals surface area contributed by atoms with Crippen LogP contribution in [0.15, 0.2) is 24.3 Å². The molecule has 0 amide bonds. The van der Waals surface area contributed by atoms with Gasteiger partial charge in [0.2, 0.25) is 0 Å². The Morgan fingerprint density at radius 1 is 1.13 bits per heavy atom. The molecule has 1 nitrogen and oxygen atoms in total. The molecule has 1 aromatic rings. The molecule has 1 aromatic carbocycles. The molecule has 0 aromatic heterocycles. The van der Waals surface area contributed by atoms with Crippen molar-refractivity contribution in [2.75, 3.05) is 0 Å². The van der Waals surface area contributed by atoms with Crippen LogP contribution in [0.25, 0.3) is 0 Å². The zero-order chi connectivity index (χ0) is 10.7. The van der Waals surface area contributed by atoms with Crippen LogP contribution in [0.4, 0.5) is 4.39 Å². The van der Waals surface area contributed by atoms with E-state index in [1.165, 1.54) is 12.1 Å². The van der Waals surface area contributed by atoms with E-state index in [1.807, 2.05) is 0 Å². The third-order valence-electron chi connectivity index (χ3n) is 3.07. The first kappa shape index (κ1) is 10.3. The Hall–Kier alpha value is -1.18. The van der Waals surface area contributed by atoms with E-state index in [4.69, 9.17) is 0 Å². The van der Waals surface area contributed by atoms with E-state index >= 15 is 0 Å². The monoisotopic (exact) mass is 206 g/mol. The summed E-state index contributed by atoms with van der Waals surface area (Å²) in [7, 11) is 0. The van der Waals surface area contributed by atoms with Crippen molar-refractivity contribution in [2.45, 2.75) is 38.0 Å². The molecular weight excluding hydrogens is 191 g/mol. The lowest BCUT2D eigenvalue weighted by Crippen LogP contribution is -2.03. The highest BCUT2D eigenvalue weighted by atomic mass is 19.1. The summed E-state index contributed by atoms with van der Waals surface area (Å²) < 4.78 is 12.7. The van der Waals surface area contributed by atoms with Gasteiger partial charge in [0.1, 0.15) is 11.6 Å². The first-order chi connectivity index (χ1) is 7.25. The van der Waals surface area contributed by atoms with Gasteiger partial charge in [-0.2, -0.15) is 0 Å².